The highest BCUT2D eigenvalue weighted by Crippen LogP contribution is 2.27. The number of thioether (sulfide) groups is 3. The number of carbonyl (C=O) groups excluding carboxylic acids is 1. The molecular formula is C29H61N3O5S3. The standard InChI is InChI=1S/C29H61N3O5S3/c1-26(21-28(2,3)4)20-27(33)37-25-29(22-34-11-5-14-38-17-8-30,23-35-12-6-15-39-18-9-31)24-36-13-7-16-40-19-10-32/h26H,5-25,30-32H2,1-4H3. The summed E-state index contributed by atoms with van der Waals surface area (Å²) in [5, 5.41) is 0. The van der Waals surface area contributed by atoms with Crippen molar-refractivity contribution in [3.63, 3.8) is 0 Å². The molecule has 240 valence electrons. The van der Waals surface area contributed by atoms with Crippen LogP contribution in [0.5, 0.6) is 0 Å². The molecule has 0 aliphatic heterocycles. The van der Waals surface area contributed by atoms with E-state index in [4.69, 9.17) is 36.1 Å². The minimum absolute atomic E-state index is 0.171. The molecule has 0 heterocycles. The van der Waals surface area contributed by atoms with Gasteiger partial charge in [0.15, 0.2) is 0 Å². The molecule has 0 aromatic rings. The molecule has 0 radical (unpaired) electrons. The molecule has 1 atom stereocenters. The molecule has 0 spiro atoms. The molecule has 0 rings (SSSR count). The first-order valence-electron chi connectivity index (χ1n) is 14.9. The summed E-state index contributed by atoms with van der Waals surface area (Å²) in [6.07, 6.45) is 4.22. The Kier molecular flexibility index (Phi) is 27.1. The van der Waals surface area contributed by atoms with Gasteiger partial charge in [-0.2, -0.15) is 35.3 Å². The highest BCUT2D eigenvalue weighted by Gasteiger charge is 2.34. The Morgan fingerprint density at radius 3 is 1.43 bits per heavy atom. The molecule has 0 aromatic carbocycles. The number of nitrogens with two attached hydrogens (primary N) is 3. The van der Waals surface area contributed by atoms with Crippen LogP contribution in [0.1, 0.15) is 59.8 Å². The molecular weight excluding hydrogens is 567 g/mol. The summed E-state index contributed by atoms with van der Waals surface area (Å²) in [4.78, 5) is 12.8. The zero-order valence-electron chi connectivity index (χ0n) is 25.9. The Hall–Kier alpha value is 0.280. The predicted molar refractivity (Wildman–Crippen MR) is 177 cm³/mol. The van der Waals surface area contributed by atoms with Crippen LogP contribution in [0.25, 0.3) is 0 Å². The van der Waals surface area contributed by atoms with E-state index in [1.165, 1.54) is 0 Å². The quantitative estimate of drug-likeness (QED) is 0.0811. The van der Waals surface area contributed by atoms with E-state index in [-0.39, 0.29) is 23.9 Å². The Morgan fingerprint density at radius 1 is 0.675 bits per heavy atom. The first kappa shape index (κ1) is 40.3. The molecule has 1 unspecified atom stereocenters. The molecule has 8 nitrogen and oxygen atoms in total. The molecule has 6 N–H and O–H groups in total. The normalized spacial score (nSPS) is 13.1. The number of carbonyl (C=O) groups is 1. The molecule has 40 heavy (non-hydrogen) atoms. The Bertz CT molecular complexity index is 540. The summed E-state index contributed by atoms with van der Waals surface area (Å²) in [6.45, 7) is 14.2. The van der Waals surface area contributed by atoms with Crippen LogP contribution < -0.4 is 17.2 Å². The summed E-state index contributed by atoms with van der Waals surface area (Å²) in [7, 11) is 0. The lowest BCUT2D eigenvalue weighted by Crippen LogP contribution is -2.42. The maximum atomic E-state index is 12.8. The van der Waals surface area contributed by atoms with Crippen molar-refractivity contribution < 1.29 is 23.7 Å². The van der Waals surface area contributed by atoms with Crippen molar-refractivity contribution in [1.82, 2.24) is 0 Å². The molecule has 0 saturated heterocycles. The SMILES string of the molecule is CC(CC(=O)OCC(COCCCSCCN)(COCCCSCCN)COCCCSCCN)CC(C)(C)C. The second-order valence-electron chi connectivity index (χ2n) is 11.7. The average Bonchev–Trinajstić information content (AvgIpc) is 2.89. The molecule has 0 aliphatic rings. The van der Waals surface area contributed by atoms with E-state index >= 15 is 0 Å². The smallest absolute Gasteiger partial charge is 0.306 e. The lowest BCUT2D eigenvalue weighted by atomic mass is 9.84. The van der Waals surface area contributed by atoms with Gasteiger partial charge in [0, 0.05) is 63.1 Å². The minimum atomic E-state index is -0.553. The van der Waals surface area contributed by atoms with Crippen LogP contribution in [0.3, 0.4) is 0 Å². The van der Waals surface area contributed by atoms with Crippen molar-refractivity contribution in [2.75, 3.05) is 100 Å². The van der Waals surface area contributed by atoms with Crippen molar-refractivity contribution in [3.05, 3.63) is 0 Å². The van der Waals surface area contributed by atoms with Crippen molar-refractivity contribution in [1.29, 1.82) is 0 Å². The van der Waals surface area contributed by atoms with Gasteiger partial charge < -0.3 is 36.1 Å². The maximum absolute atomic E-state index is 12.8. The molecule has 0 aromatic heterocycles. The van der Waals surface area contributed by atoms with Crippen LogP contribution >= 0.6 is 35.3 Å². The van der Waals surface area contributed by atoms with Crippen LogP contribution in [-0.2, 0) is 23.7 Å². The molecule has 11 heteroatoms. The van der Waals surface area contributed by atoms with Crippen LogP contribution in [0.4, 0.5) is 0 Å². The van der Waals surface area contributed by atoms with Gasteiger partial charge in [-0.3, -0.25) is 4.79 Å². The molecule has 0 saturated carbocycles. The van der Waals surface area contributed by atoms with Gasteiger partial charge >= 0.3 is 5.97 Å². The van der Waals surface area contributed by atoms with Gasteiger partial charge in [-0.25, -0.2) is 0 Å². The van der Waals surface area contributed by atoms with Gasteiger partial charge in [-0.15, -0.1) is 0 Å². The summed E-state index contributed by atoms with van der Waals surface area (Å²) in [5.74, 6) is 6.01. The van der Waals surface area contributed by atoms with E-state index in [1.807, 2.05) is 35.3 Å². The highest BCUT2D eigenvalue weighted by molar-refractivity contribution is 7.99. The largest absolute Gasteiger partial charge is 0.465 e. The maximum Gasteiger partial charge on any atom is 0.306 e. The monoisotopic (exact) mass is 627 g/mol. The third kappa shape index (κ3) is 25.9. The second kappa shape index (κ2) is 26.9. The van der Waals surface area contributed by atoms with Crippen LogP contribution in [0, 0.1) is 16.7 Å². The van der Waals surface area contributed by atoms with Gasteiger partial charge in [0.25, 0.3) is 0 Å². The van der Waals surface area contributed by atoms with Crippen molar-refractivity contribution >= 4 is 41.3 Å². The van der Waals surface area contributed by atoms with E-state index in [9.17, 15) is 4.79 Å². The van der Waals surface area contributed by atoms with E-state index in [0.717, 1.165) is 60.2 Å². The topological polar surface area (TPSA) is 132 Å². The molecule has 0 bridgehead atoms. The fraction of sp³-hybridized carbons (Fsp3) is 0.966. The first-order valence-corrected chi connectivity index (χ1v) is 18.4. The van der Waals surface area contributed by atoms with Gasteiger partial charge in [0.2, 0.25) is 0 Å². The predicted octanol–water partition coefficient (Wildman–Crippen LogP) is 4.27. The number of hydrogen-bond donors (Lipinski definition) is 3. The van der Waals surface area contributed by atoms with E-state index in [2.05, 4.69) is 27.7 Å². The van der Waals surface area contributed by atoms with Crippen molar-refractivity contribution in [3.8, 4) is 0 Å². The average molecular weight is 628 g/mol. The van der Waals surface area contributed by atoms with E-state index in [0.29, 0.717) is 65.7 Å². The van der Waals surface area contributed by atoms with E-state index < -0.39 is 5.41 Å². The zero-order chi connectivity index (χ0) is 30.0. The van der Waals surface area contributed by atoms with E-state index in [1.54, 1.807) is 0 Å². The third-order valence-corrected chi connectivity index (χ3v) is 9.06. The summed E-state index contributed by atoms with van der Waals surface area (Å²) in [6, 6.07) is 0. The van der Waals surface area contributed by atoms with Crippen LogP contribution in [-0.4, -0.2) is 106 Å². The van der Waals surface area contributed by atoms with Crippen molar-refractivity contribution in [2.45, 2.75) is 59.8 Å². The number of hydrogen-bond acceptors (Lipinski definition) is 11. The molecule has 0 aliphatic carbocycles. The minimum Gasteiger partial charge on any atom is -0.465 e. The lowest BCUT2D eigenvalue weighted by Gasteiger charge is -2.33. The Labute approximate surface area is 258 Å². The Morgan fingerprint density at radius 2 is 1.07 bits per heavy atom. The summed E-state index contributed by atoms with van der Waals surface area (Å²) >= 11 is 5.52. The lowest BCUT2D eigenvalue weighted by molar-refractivity contribution is -0.157. The van der Waals surface area contributed by atoms with Crippen LogP contribution in [0.15, 0.2) is 0 Å². The van der Waals surface area contributed by atoms with Gasteiger partial charge in [0.1, 0.15) is 6.61 Å². The van der Waals surface area contributed by atoms with Gasteiger partial charge in [-0.1, -0.05) is 27.7 Å². The molecule has 0 amide bonds. The summed E-state index contributed by atoms with van der Waals surface area (Å²) < 4.78 is 24.3. The number of rotatable bonds is 29. The van der Waals surface area contributed by atoms with Gasteiger partial charge in [0.05, 0.1) is 25.2 Å². The number of ether oxygens (including phenoxy) is 4. The third-order valence-electron chi connectivity index (χ3n) is 5.76. The summed E-state index contributed by atoms with van der Waals surface area (Å²) in [5.41, 5.74) is 16.4. The highest BCUT2D eigenvalue weighted by atomic mass is 32.2. The number of esters is 1. The Balaban J connectivity index is 5.15. The fourth-order valence-electron chi connectivity index (χ4n) is 4.16. The second-order valence-corrected chi connectivity index (χ2v) is 15.3. The first-order chi connectivity index (χ1) is 19.2. The van der Waals surface area contributed by atoms with Crippen LogP contribution in [0.2, 0.25) is 0 Å². The van der Waals surface area contributed by atoms with Crippen molar-refractivity contribution in [2.24, 2.45) is 33.9 Å². The molecule has 0 fully saturated rings. The zero-order valence-corrected chi connectivity index (χ0v) is 28.4. The fourth-order valence-corrected chi connectivity index (χ4v) is 6.23. The van der Waals surface area contributed by atoms with Gasteiger partial charge in [-0.05, 0) is 54.3 Å².